The molecule has 5 heteroatoms. The summed E-state index contributed by atoms with van der Waals surface area (Å²) in [4.78, 5) is 1.91. The standard InChI is InChI=1S/C13H16F2N2O/c1-17(6-3-5-16)7-4-10-8-12(15)13(18-2)9-11(10)14/h8-9H,3-4,6-7H2,1-2H3. The van der Waals surface area contributed by atoms with E-state index in [0.717, 1.165) is 12.1 Å². The van der Waals surface area contributed by atoms with Gasteiger partial charge in [-0.1, -0.05) is 0 Å². The largest absolute Gasteiger partial charge is 0.494 e. The van der Waals surface area contributed by atoms with Gasteiger partial charge >= 0.3 is 0 Å². The molecule has 0 amide bonds. The molecule has 1 aromatic rings. The van der Waals surface area contributed by atoms with Gasteiger partial charge in [0, 0.05) is 25.6 Å². The lowest BCUT2D eigenvalue weighted by molar-refractivity contribution is 0.343. The first-order chi connectivity index (χ1) is 8.58. The van der Waals surface area contributed by atoms with E-state index in [1.165, 1.54) is 7.11 Å². The molecule has 1 rings (SSSR count). The lowest BCUT2D eigenvalue weighted by Crippen LogP contribution is -2.22. The molecule has 0 N–H and O–H groups in total. The maximum absolute atomic E-state index is 13.6. The Labute approximate surface area is 106 Å². The highest BCUT2D eigenvalue weighted by Crippen LogP contribution is 2.21. The molecule has 3 nitrogen and oxygen atoms in total. The van der Waals surface area contributed by atoms with E-state index < -0.39 is 11.6 Å². The molecule has 0 bridgehead atoms. The van der Waals surface area contributed by atoms with Gasteiger partial charge in [0.25, 0.3) is 0 Å². The summed E-state index contributed by atoms with van der Waals surface area (Å²) in [6.07, 6.45) is 0.824. The molecule has 98 valence electrons. The van der Waals surface area contributed by atoms with Crippen molar-refractivity contribution < 1.29 is 13.5 Å². The first kappa shape index (κ1) is 14.4. The molecule has 0 unspecified atom stereocenters. The fraction of sp³-hybridized carbons (Fsp3) is 0.462. The molecule has 0 aliphatic rings. The second kappa shape index (κ2) is 6.92. The van der Waals surface area contributed by atoms with Gasteiger partial charge in [0.05, 0.1) is 13.2 Å². The molecule has 0 saturated carbocycles. The third-order valence-electron chi connectivity index (χ3n) is 2.69. The predicted octanol–water partition coefficient (Wildman–Crippen LogP) is 2.36. The highest BCUT2D eigenvalue weighted by atomic mass is 19.1. The van der Waals surface area contributed by atoms with E-state index in [1.807, 2.05) is 18.0 Å². The lowest BCUT2D eigenvalue weighted by Gasteiger charge is -2.15. The van der Waals surface area contributed by atoms with E-state index in [1.54, 1.807) is 0 Å². The van der Waals surface area contributed by atoms with E-state index in [-0.39, 0.29) is 5.75 Å². The predicted molar refractivity (Wildman–Crippen MR) is 64.3 cm³/mol. The Hall–Kier alpha value is -1.67. The van der Waals surface area contributed by atoms with Crippen LogP contribution in [0.15, 0.2) is 12.1 Å². The van der Waals surface area contributed by atoms with Crippen LogP contribution in [0.2, 0.25) is 0 Å². The Morgan fingerprint density at radius 1 is 1.28 bits per heavy atom. The molecule has 0 fully saturated rings. The summed E-state index contributed by atoms with van der Waals surface area (Å²) in [6, 6.07) is 4.25. The SMILES string of the molecule is COc1cc(F)c(CCN(C)CCC#N)cc1F. The summed E-state index contributed by atoms with van der Waals surface area (Å²) in [5.74, 6) is -1.12. The van der Waals surface area contributed by atoms with Crippen LogP contribution in [0.1, 0.15) is 12.0 Å². The van der Waals surface area contributed by atoms with Crippen molar-refractivity contribution in [3.63, 3.8) is 0 Å². The number of benzene rings is 1. The van der Waals surface area contributed by atoms with Gasteiger partial charge in [-0.15, -0.1) is 0 Å². The van der Waals surface area contributed by atoms with Crippen molar-refractivity contribution in [1.82, 2.24) is 4.90 Å². The topological polar surface area (TPSA) is 36.3 Å². The van der Waals surface area contributed by atoms with E-state index in [4.69, 9.17) is 10.00 Å². The number of halogens is 2. The highest BCUT2D eigenvalue weighted by Gasteiger charge is 2.10. The number of nitriles is 1. The quantitative estimate of drug-likeness (QED) is 0.782. The molecule has 0 heterocycles. The number of ether oxygens (including phenoxy) is 1. The monoisotopic (exact) mass is 254 g/mol. The molecule has 0 atom stereocenters. The zero-order valence-electron chi connectivity index (χ0n) is 10.5. The summed E-state index contributed by atoms with van der Waals surface area (Å²) in [5, 5.41) is 8.44. The minimum Gasteiger partial charge on any atom is -0.494 e. The number of hydrogen-bond acceptors (Lipinski definition) is 3. The molecule has 1 aromatic carbocycles. The smallest absolute Gasteiger partial charge is 0.165 e. The van der Waals surface area contributed by atoms with Crippen LogP contribution in [0.3, 0.4) is 0 Å². The summed E-state index contributed by atoms with van der Waals surface area (Å²) in [6.45, 7) is 1.20. The average molecular weight is 254 g/mol. The van der Waals surface area contributed by atoms with Crippen molar-refractivity contribution >= 4 is 0 Å². The van der Waals surface area contributed by atoms with Gasteiger partial charge < -0.3 is 9.64 Å². The third-order valence-corrected chi connectivity index (χ3v) is 2.69. The minimum atomic E-state index is -0.562. The lowest BCUT2D eigenvalue weighted by atomic mass is 10.1. The zero-order valence-corrected chi connectivity index (χ0v) is 10.5. The number of rotatable bonds is 6. The Morgan fingerprint density at radius 3 is 2.61 bits per heavy atom. The second-order valence-corrected chi connectivity index (χ2v) is 4.04. The molecule has 0 saturated heterocycles. The summed E-state index contributed by atoms with van der Waals surface area (Å²) < 4.78 is 31.7. The second-order valence-electron chi connectivity index (χ2n) is 4.04. The summed E-state index contributed by atoms with van der Waals surface area (Å²) in [5.41, 5.74) is 0.317. The van der Waals surface area contributed by atoms with Crippen molar-refractivity contribution in [2.24, 2.45) is 0 Å². The van der Waals surface area contributed by atoms with Crippen LogP contribution < -0.4 is 4.74 Å². The summed E-state index contributed by atoms with van der Waals surface area (Å²) in [7, 11) is 3.14. The van der Waals surface area contributed by atoms with Crippen LogP contribution in [-0.4, -0.2) is 32.1 Å². The maximum atomic E-state index is 13.6. The van der Waals surface area contributed by atoms with Crippen molar-refractivity contribution in [3.05, 3.63) is 29.3 Å². The van der Waals surface area contributed by atoms with E-state index in [2.05, 4.69) is 0 Å². The van der Waals surface area contributed by atoms with E-state index in [9.17, 15) is 8.78 Å². The third kappa shape index (κ3) is 3.97. The van der Waals surface area contributed by atoms with Gasteiger partial charge in [-0.05, 0) is 25.1 Å². The number of methoxy groups -OCH3 is 1. The molecule has 0 aliphatic carbocycles. The van der Waals surface area contributed by atoms with Crippen LogP contribution in [-0.2, 0) is 6.42 Å². The molecule has 0 spiro atoms. The highest BCUT2D eigenvalue weighted by molar-refractivity contribution is 5.31. The molecule has 18 heavy (non-hydrogen) atoms. The Balaban J connectivity index is 2.63. The van der Waals surface area contributed by atoms with E-state index in [0.29, 0.717) is 31.5 Å². The summed E-state index contributed by atoms with van der Waals surface area (Å²) >= 11 is 0. The van der Waals surface area contributed by atoms with Crippen molar-refractivity contribution in [2.75, 3.05) is 27.2 Å². The van der Waals surface area contributed by atoms with Crippen molar-refractivity contribution in [2.45, 2.75) is 12.8 Å². The van der Waals surface area contributed by atoms with E-state index >= 15 is 0 Å². The Morgan fingerprint density at radius 2 is 2.00 bits per heavy atom. The van der Waals surface area contributed by atoms with Crippen LogP contribution in [0, 0.1) is 23.0 Å². The maximum Gasteiger partial charge on any atom is 0.165 e. The number of nitrogens with zero attached hydrogens (tertiary/aromatic N) is 2. The molecule has 0 aromatic heterocycles. The van der Waals surface area contributed by atoms with Crippen LogP contribution in [0.5, 0.6) is 5.75 Å². The van der Waals surface area contributed by atoms with Gasteiger partial charge in [-0.25, -0.2) is 8.78 Å². The first-order valence-corrected chi connectivity index (χ1v) is 5.66. The van der Waals surface area contributed by atoms with Crippen molar-refractivity contribution in [3.8, 4) is 11.8 Å². The Bertz CT molecular complexity index is 443. The first-order valence-electron chi connectivity index (χ1n) is 5.66. The number of likely N-dealkylation sites (N-methyl/N-ethyl adjacent to an activating group) is 1. The molecule has 0 aliphatic heterocycles. The van der Waals surface area contributed by atoms with Crippen LogP contribution in [0.25, 0.3) is 0 Å². The fourth-order valence-electron chi connectivity index (χ4n) is 1.58. The van der Waals surface area contributed by atoms with Gasteiger partial charge in [-0.2, -0.15) is 5.26 Å². The average Bonchev–Trinajstić information content (AvgIpc) is 2.36. The Kier molecular flexibility index (Phi) is 5.53. The molecule has 0 radical (unpaired) electrons. The molecular formula is C13H16F2N2O. The van der Waals surface area contributed by atoms with Gasteiger partial charge in [-0.3, -0.25) is 0 Å². The minimum absolute atomic E-state index is 0.0888. The fourth-order valence-corrected chi connectivity index (χ4v) is 1.58. The van der Waals surface area contributed by atoms with Gasteiger partial charge in [0.15, 0.2) is 11.6 Å². The van der Waals surface area contributed by atoms with Crippen LogP contribution >= 0.6 is 0 Å². The van der Waals surface area contributed by atoms with Gasteiger partial charge in [0.2, 0.25) is 0 Å². The number of hydrogen-bond donors (Lipinski definition) is 0. The molecular weight excluding hydrogens is 238 g/mol. The van der Waals surface area contributed by atoms with Crippen LogP contribution in [0.4, 0.5) is 8.78 Å². The zero-order chi connectivity index (χ0) is 13.5. The normalized spacial score (nSPS) is 10.4. The van der Waals surface area contributed by atoms with Gasteiger partial charge in [0.1, 0.15) is 5.82 Å². The van der Waals surface area contributed by atoms with Crippen molar-refractivity contribution in [1.29, 1.82) is 5.26 Å².